The van der Waals surface area contributed by atoms with Crippen molar-refractivity contribution in [2.24, 2.45) is 0 Å². The second kappa shape index (κ2) is 5.96. The normalized spacial score (nSPS) is 10.1. The van der Waals surface area contributed by atoms with Crippen molar-refractivity contribution in [3.8, 4) is 0 Å². The first-order chi connectivity index (χ1) is 8.78. The highest BCUT2D eigenvalue weighted by Crippen LogP contribution is 2.14. The lowest BCUT2D eigenvalue weighted by molar-refractivity contribution is 1.15. The molecule has 0 saturated carbocycles. The second-order valence-electron chi connectivity index (χ2n) is 4.20. The van der Waals surface area contributed by atoms with Gasteiger partial charge in [0.1, 0.15) is 0 Å². The van der Waals surface area contributed by atoms with E-state index in [1.807, 2.05) is 24.3 Å². The number of hydrogen-bond donors (Lipinski definition) is 3. The van der Waals surface area contributed by atoms with Crippen molar-refractivity contribution in [3.05, 3.63) is 54.1 Å². The van der Waals surface area contributed by atoms with Crippen LogP contribution in [0.1, 0.15) is 12.5 Å². The molecule has 2 aromatic carbocycles. The molecule has 0 radical (unpaired) electrons. The molecule has 0 atom stereocenters. The van der Waals surface area contributed by atoms with E-state index in [4.69, 9.17) is 5.73 Å². The molecule has 0 spiro atoms. The zero-order valence-electron chi connectivity index (χ0n) is 10.6. The van der Waals surface area contributed by atoms with E-state index in [0.29, 0.717) is 0 Å². The molecule has 0 heterocycles. The number of nitrogens with two attached hydrogens (primary N) is 1. The second-order valence-corrected chi connectivity index (χ2v) is 4.20. The van der Waals surface area contributed by atoms with Gasteiger partial charge in [-0.05, 0) is 48.9 Å². The third-order valence-corrected chi connectivity index (χ3v) is 2.74. The van der Waals surface area contributed by atoms with Crippen LogP contribution in [-0.4, -0.2) is 6.54 Å². The molecule has 0 aliphatic rings. The molecular formula is C15H19N3. The lowest BCUT2D eigenvalue weighted by Crippen LogP contribution is -2.00. The van der Waals surface area contributed by atoms with Crippen molar-refractivity contribution in [1.82, 2.24) is 0 Å². The average Bonchev–Trinajstić information content (AvgIpc) is 2.40. The number of nitrogens with one attached hydrogen (secondary N) is 2. The van der Waals surface area contributed by atoms with Gasteiger partial charge < -0.3 is 16.4 Å². The van der Waals surface area contributed by atoms with Crippen LogP contribution in [0.5, 0.6) is 0 Å². The van der Waals surface area contributed by atoms with Gasteiger partial charge in [0.15, 0.2) is 0 Å². The summed E-state index contributed by atoms with van der Waals surface area (Å²) in [7, 11) is 0. The molecule has 0 saturated heterocycles. The molecule has 0 aliphatic heterocycles. The molecular weight excluding hydrogens is 222 g/mol. The number of hydrogen-bond acceptors (Lipinski definition) is 3. The minimum Gasteiger partial charge on any atom is -0.399 e. The molecule has 2 aromatic rings. The van der Waals surface area contributed by atoms with Gasteiger partial charge in [-0.15, -0.1) is 0 Å². The summed E-state index contributed by atoms with van der Waals surface area (Å²) in [5.74, 6) is 0. The van der Waals surface area contributed by atoms with Crippen LogP contribution in [0.3, 0.4) is 0 Å². The van der Waals surface area contributed by atoms with E-state index in [0.717, 1.165) is 30.2 Å². The predicted molar refractivity (Wildman–Crippen MR) is 78.8 cm³/mol. The van der Waals surface area contributed by atoms with Gasteiger partial charge in [0.2, 0.25) is 0 Å². The lowest BCUT2D eigenvalue weighted by atomic mass is 10.2. The zero-order valence-corrected chi connectivity index (χ0v) is 10.6. The fourth-order valence-electron chi connectivity index (χ4n) is 1.75. The summed E-state index contributed by atoms with van der Waals surface area (Å²) in [5.41, 5.74) is 9.94. The first kappa shape index (κ1) is 12.3. The maximum atomic E-state index is 5.65. The summed E-state index contributed by atoms with van der Waals surface area (Å²) in [6, 6.07) is 16.2. The van der Waals surface area contributed by atoms with Crippen LogP contribution >= 0.6 is 0 Å². The van der Waals surface area contributed by atoms with Gasteiger partial charge in [-0.25, -0.2) is 0 Å². The van der Waals surface area contributed by atoms with Crippen LogP contribution in [0.15, 0.2) is 48.5 Å². The molecule has 3 heteroatoms. The van der Waals surface area contributed by atoms with E-state index in [-0.39, 0.29) is 0 Å². The molecule has 0 aromatic heterocycles. The summed E-state index contributed by atoms with van der Waals surface area (Å²) >= 11 is 0. The van der Waals surface area contributed by atoms with E-state index in [1.165, 1.54) is 5.56 Å². The minimum atomic E-state index is 0.800. The summed E-state index contributed by atoms with van der Waals surface area (Å²) in [6.07, 6.45) is 0. The quantitative estimate of drug-likeness (QED) is 0.704. The lowest BCUT2D eigenvalue weighted by Gasteiger charge is -2.08. The van der Waals surface area contributed by atoms with Crippen molar-refractivity contribution in [2.75, 3.05) is 22.9 Å². The number of nitrogen functional groups attached to an aromatic ring is 1. The molecule has 94 valence electrons. The van der Waals surface area contributed by atoms with Crippen molar-refractivity contribution < 1.29 is 0 Å². The third-order valence-electron chi connectivity index (χ3n) is 2.74. The topological polar surface area (TPSA) is 50.1 Å². The Morgan fingerprint density at radius 1 is 0.833 bits per heavy atom. The molecule has 4 N–H and O–H groups in total. The van der Waals surface area contributed by atoms with E-state index >= 15 is 0 Å². The summed E-state index contributed by atoms with van der Waals surface area (Å²) in [6.45, 7) is 3.84. The number of benzene rings is 2. The Hall–Kier alpha value is -2.16. The van der Waals surface area contributed by atoms with Crippen molar-refractivity contribution >= 4 is 17.1 Å². The van der Waals surface area contributed by atoms with Gasteiger partial charge in [0, 0.05) is 30.2 Å². The summed E-state index contributed by atoms with van der Waals surface area (Å²) in [5, 5.41) is 6.65. The first-order valence-electron chi connectivity index (χ1n) is 6.20. The van der Waals surface area contributed by atoms with Crippen molar-refractivity contribution in [2.45, 2.75) is 13.5 Å². The molecule has 18 heavy (non-hydrogen) atoms. The number of rotatable bonds is 5. The minimum absolute atomic E-state index is 0.800. The Labute approximate surface area is 108 Å². The van der Waals surface area contributed by atoms with Crippen molar-refractivity contribution in [3.63, 3.8) is 0 Å². The van der Waals surface area contributed by atoms with Crippen LogP contribution in [0.2, 0.25) is 0 Å². The molecule has 0 amide bonds. The van der Waals surface area contributed by atoms with Gasteiger partial charge in [-0.1, -0.05) is 12.1 Å². The van der Waals surface area contributed by atoms with Crippen LogP contribution in [0.25, 0.3) is 0 Å². The van der Waals surface area contributed by atoms with E-state index in [1.54, 1.807) is 0 Å². The average molecular weight is 241 g/mol. The smallest absolute Gasteiger partial charge is 0.0400 e. The Balaban J connectivity index is 1.91. The molecule has 0 aliphatic carbocycles. The first-order valence-corrected chi connectivity index (χ1v) is 6.20. The standard InChI is InChI=1S/C15H19N3/c1-2-17-14-7-9-15(10-8-14)18-11-12-3-5-13(16)6-4-12/h3-10,17-18H,2,11,16H2,1H3. The molecule has 0 fully saturated rings. The van der Waals surface area contributed by atoms with Crippen LogP contribution in [-0.2, 0) is 6.54 Å². The summed E-state index contributed by atoms with van der Waals surface area (Å²) < 4.78 is 0. The predicted octanol–water partition coefficient (Wildman–Crippen LogP) is 3.31. The number of anilines is 3. The SMILES string of the molecule is CCNc1ccc(NCc2ccc(N)cc2)cc1. The molecule has 0 unspecified atom stereocenters. The Morgan fingerprint density at radius 3 is 1.94 bits per heavy atom. The third kappa shape index (κ3) is 3.42. The Bertz CT molecular complexity index is 474. The highest BCUT2D eigenvalue weighted by atomic mass is 14.9. The molecule has 0 bridgehead atoms. The monoisotopic (exact) mass is 241 g/mol. The maximum Gasteiger partial charge on any atom is 0.0400 e. The molecule has 3 nitrogen and oxygen atoms in total. The van der Waals surface area contributed by atoms with Crippen molar-refractivity contribution in [1.29, 1.82) is 0 Å². The fraction of sp³-hybridized carbons (Fsp3) is 0.200. The van der Waals surface area contributed by atoms with Crippen LogP contribution < -0.4 is 16.4 Å². The summed E-state index contributed by atoms with van der Waals surface area (Å²) in [4.78, 5) is 0. The highest BCUT2D eigenvalue weighted by Gasteiger charge is 1.95. The van der Waals surface area contributed by atoms with Gasteiger partial charge in [0.05, 0.1) is 0 Å². The van der Waals surface area contributed by atoms with Gasteiger partial charge in [0.25, 0.3) is 0 Å². The molecule has 2 rings (SSSR count). The van der Waals surface area contributed by atoms with Gasteiger partial charge in [-0.2, -0.15) is 0 Å². The maximum absolute atomic E-state index is 5.65. The zero-order chi connectivity index (χ0) is 12.8. The van der Waals surface area contributed by atoms with Crippen LogP contribution in [0, 0.1) is 0 Å². The van der Waals surface area contributed by atoms with E-state index < -0.39 is 0 Å². The largest absolute Gasteiger partial charge is 0.399 e. The fourth-order valence-corrected chi connectivity index (χ4v) is 1.75. The highest BCUT2D eigenvalue weighted by molar-refractivity contribution is 5.53. The Kier molecular flexibility index (Phi) is 4.07. The van der Waals surface area contributed by atoms with E-state index in [9.17, 15) is 0 Å². The van der Waals surface area contributed by atoms with E-state index in [2.05, 4.69) is 41.8 Å². The van der Waals surface area contributed by atoms with Gasteiger partial charge >= 0.3 is 0 Å². The van der Waals surface area contributed by atoms with Crippen LogP contribution in [0.4, 0.5) is 17.1 Å². The Morgan fingerprint density at radius 2 is 1.39 bits per heavy atom. The van der Waals surface area contributed by atoms with Gasteiger partial charge in [-0.3, -0.25) is 0 Å².